The molecule has 6 heteroatoms. The molecule has 1 unspecified atom stereocenters. The van der Waals surface area contributed by atoms with Crippen LogP contribution in [0.3, 0.4) is 0 Å². The van der Waals surface area contributed by atoms with Crippen molar-refractivity contribution in [3.8, 4) is 5.75 Å². The second kappa shape index (κ2) is 7.22. The van der Waals surface area contributed by atoms with Crippen molar-refractivity contribution in [1.29, 1.82) is 0 Å². The molecule has 0 aliphatic carbocycles. The van der Waals surface area contributed by atoms with Gasteiger partial charge in [-0.25, -0.2) is 4.39 Å². The Bertz CT molecular complexity index is 439. The number of hydrogen-bond acceptors (Lipinski definition) is 4. The van der Waals surface area contributed by atoms with Crippen molar-refractivity contribution in [1.82, 2.24) is 4.90 Å². The Balaban J connectivity index is 1.74. The first-order valence-electron chi connectivity index (χ1n) is 6.78. The van der Waals surface area contributed by atoms with Gasteiger partial charge in [-0.1, -0.05) is 11.6 Å². The average molecular weight is 303 g/mol. The number of benzene rings is 1. The normalized spacial score (nSPS) is 19.0. The molecule has 1 aromatic carbocycles. The number of likely N-dealkylation sites (tertiary alicyclic amines) is 1. The Morgan fingerprint density at radius 2 is 2.15 bits per heavy atom. The first kappa shape index (κ1) is 15.5. The molecule has 1 heterocycles. The lowest BCUT2D eigenvalue weighted by atomic mass is 10.1. The van der Waals surface area contributed by atoms with Crippen LogP contribution >= 0.6 is 11.6 Å². The summed E-state index contributed by atoms with van der Waals surface area (Å²) in [5, 5.41) is 9.99. The fourth-order valence-electron chi connectivity index (χ4n) is 2.25. The van der Waals surface area contributed by atoms with Crippen LogP contribution in [0, 0.1) is 5.82 Å². The molecule has 0 spiro atoms. The minimum Gasteiger partial charge on any atom is -0.491 e. The van der Waals surface area contributed by atoms with Gasteiger partial charge in [0.2, 0.25) is 0 Å². The van der Waals surface area contributed by atoms with Crippen molar-refractivity contribution in [2.45, 2.75) is 25.0 Å². The molecule has 1 fully saturated rings. The molecule has 0 bridgehead atoms. The van der Waals surface area contributed by atoms with E-state index in [1.165, 1.54) is 12.1 Å². The first-order chi connectivity index (χ1) is 9.54. The number of piperidine rings is 1. The topological polar surface area (TPSA) is 58.7 Å². The van der Waals surface area contributed by atoms with Crippen LogP contribution in [0.25, 0.3) is 0 Å². The van der Waals surface area contributed by atoms with E-state index >= 15 is 0 Å². The molecule has 4 nitrogen and oxygen atoms in total. The van der Waals surface area contributed by atoms with Gasteiger partial charge >= 0.3 is 0 Å². The number of rotatable bonds is 5. The van der Waals surface area contributed by atoms with Gasteiger partial charge < -0.3 is 20.5 Å². The minimum atomic E-state index is -0.608. The van der Waals surface area contributed by atoms with E-state index in [9.17, 15) is 9.50 Å². The van der Waals surface area contributed by atoms with Crippen LogP contribution in [0.1, 0.15) is 12.8 Å². The number of ether oxygens (including phenoxy) is 1. The standard InChI is InChI=1S/C14H20ClFN2O2/c15-13-2-1-12(7-14(13)16)20-9-11(19)8-18-5-3-10(17)4-6-18/h1-2,7,10-11,19H,3-6,8-9,17H2. The Labute approximate surface area is 123 Å². The van der Waals surface area contributed by atoms with Crippen LogP contribution in [0.2, 0.25) is 5.02 Å². The highest BCUT2D eigenvalue weighted by Crippen LogP contribution is 2.20. The van der Waals surface area contributed by atoms with Crippen LogP contribution in [0.5, 0.6) is 5.75 Å². The van der Waals surface area contributed by atoms with Crippen molar-refractivity contribution in [2.75, 3.05) is 26.2 Å². The third-order valence-corrected chi connectivity index (χ3v) is 3.74. The number of nitrogens with two attached hydrogens (primary N) is 1. The summed E-state index contributed by atoms with van der Waals surface area (Å²) >= 11 is 5.59. The highest BCUT2D eigenvalue weighted by atomic mass is 35.5. The summed E-state index contributed by atoms with van der Waals surface area (Å²) in [6, 6.07) is 4.51. The SMILES string of the molecule is NC1CCN(CC(O)COc2ccc(Cl)c(F)c2)CC1. The molecule has 1 aromatic rings. The molecule has 0 amide bonds. The van der Waals surface area contributed by atoms with E-state index in [0.29, 0.717) is 12.3 Å². The van der Waals surface area contributed by atoms with E-state index in [1.54, 1.807) is 6.07 Å². The summed E-state index contributed by atoms with van der Waals surface area (Å²) < 4.78 is 18.6. The second-order valence-corrected chi connectivity index (χ2v) is 5.59. The number of hydrogen-bond donors (Lipinski definition) is 2. The van der Waals surface area contributed by atoms with Gasteiger partial charge in [0.1, 0.15) is 24.3 Å². The Morgan fingerprint density at radius 3 is 2.80 bits per heavy atom. The highest BCUT2D eigenvalue weighted by molar-refractivity contribution is 6.30. The lowest BCUT2D eigenvalue weighted by Gasteiger charge is -2.31. The molecule has 112 valence electrons. The summed E-state index contributed by atoms with van der Waals surface area (Å²) in [6.07, 6.45) is 1.30. The van der Waals surface area contributed by atoms with Gasteiger partial charge in [-0.15, -0.1) is 0 Å². The zero-order valence-corrected chi connectivity index (χ0v) is 12.0. The molecule has 1 saturated heterocycles. The van der Waals surface area contributed by atoms with Crippen molar-refractivity contribution >= 4 is 11.6 Å². The molecular formula is C14H20ClFN2O2. The van der Waals surface area contributed by atoms with E-state index in [2.05, 4.69) is 4.90 Å². The van der Waals surface area contributed by atoms with Gasteiger partial charge in [0.15, 0.2) is 0 Å². The lowest BCUT2D eigenvalue weighted by molar-refractivity contribution is 0.0596. The number of aliphatic hydroxyl groups excluding tert-OH is 1. The van der Waals surface area contributed by atoms with Crippen LogP contribution < -0.4 is 10.5 Å². The number of β-amino-alcohol motifs (C(OH)–C–C–N with tert-alkyl or cyclic N) is 1. The van der Waals surface area contributed by atoms with Crippen molar-refractivity contribution in [2.24, 2.45) is 5.73 Å². The summed E-state index contributed by atoms with van der Waals surface area (Å²) in [5.74, 6) is -0.157. The molecule has 1 aliphatic rings. The van der Waals surface area contributed by atoms with Gasteiger partial charge in [-0.3, -0.25) is 0 Å². The molecule has 20 heavy (non-hydrogen) atoms. The molecule has 0 radical (unpaired) electrons. The van der Waals surface area contributed by atoms with E-state index in [-0.39, 0.29) is 17.7 Å². The maximum Gasteiger partial charge on any atom is 0.145 e. The third-order valence-electron chi connectivity index (χ3n) is 3.43. The van der Waals surface area contributed by atoms with Crippen molar-refractivity contribution in [3.05, 3.63) is 29.0 Å². The summed E-state index contributed by atoms with van der Waals surface area (Å²) in [6.45, 7) is 2.47. The lowest BCUT2D eigenvalue weighted by Crippen LogP contribution is -2.44. The third kappa shape index (κ3) is 4.59. The van der Waals surface area contributed by atoms with Gasteiger partial charge in [0.05, 0.1) is 5.02 Å². The predicted octanol–water partition coefficient (Wildman–Crippen LogP) is 1.64. The Hall–Kier alpha value is -0.880. The Morgan fingerprint density at radius 1 is 1.45 bits per heavy atom. The van der Waals surface area contributed by atoms with E-state index in [1.807, 2.05) is 0 Å². The molecule has 1 aliphatic heterocycles. The average Bonchev–Trinajstić information content (AvgIpc) is 2.43. The van der Waals surface area contributed by atoms with Gasteiger partial charge in [-0.2, -0.15) is 0 Å². The summed E-state index contributed by atoms with van der Waals surface area (Å²) in [5.41, 5.74) is 5.83. The van der Waals surface area contributed by atoms with Crippen LogP contribution in [0.15, 0.2) is 18.2 Å². The number of aliphatic hydroxyl groups is 1. The highest BCUT2D eigenvalue weighted by Gasteiger charge is 2.18. The smallest absolute Gasteiger partial charge is 0.145 e. The zero-order valence-electron chi connectivity index (χ0n) is 11.3. The largest absolute Gasteiger partial charge is 0.491 e. The molecular weight excluding hydrogens is 283 g/mol. The quantitative estimate of drug-likeness (QED) is 0.868. The number of nitrogens with zero attached hydrogens (tertiary/aromatic N) is 1. The van der Waals surface area contributed by atoms with Gasteiger partial charge in [0.25, 0.3) is 0 Å². The first-order valence-corrected chi connectivity index (χ1v) is 7.16. The summed E-state index contributed by atoms with van der Waals surface area (Å²) in [4.78, 5) is 2.17. The van der Waals surface area contributed by atoms with E-state index in [4.69, 9.17) is 22.1 Å². The summed E-state index contributed by atoms with van der Waals surface area (Å²) in [7, 11) is 0. The van der Waals surface area contributed by atoms with E-state index < -0.39 is 11.9 Å². The fraction of sp³-hybridized carbons (Fsp3) is 0.571. The van der Waals surface area contributed by atoms with Crippen molar-refractivity contribution in [3.63, 3.8) is 0 Å². The molecule has 3 N–H and O–H groups in total. The second-order valence-electron chi connectivity index (χ2n) is 5.18. The zero-order chi connectivity index (χ0) is 14.5. The van der Waals surface area contributed by atoms with E-state index in [0.717, 1.165) is 25.9 Å². The van der Waals surface area contributed by atoms with Crippen LogP contribution in [-0.2, 0) is 0 Å². The number of halogens is 2. The molecule has 0 saturated carbocycles. The van der Waals surface area contributed by atoms with Gasteiger partial charge in [-0.05, 0) is 38.1 Å². The minimum absolute atomic E-state index is 0.0579. The maximum atomic E-state index is 13.2. The van der Waals surface area contributed by atoms with Crippen LogP contribution in [-0.4, -0.2) is 48.4 Å². The maximum absolute atomic E-state index is 13.2. The van der Waals surface area contributed by atoms with Crippen LogP contribution in [0.4, 0.5) is 4.39 Å². The monoisotopic (exact) mass is 302 g/mol. The van der Waals surface area contributed by atoms with Gasteiger partial charge in [0, 0.05) is 18.7 Å². The molecule has 1 atom stereocenters. The molecule has 0 aromatic heterocycles. The molecule has 2 rings (SSSR count). The Kier molecular flexibility index (Phi) is 5.60. The van der Waals surface area contributed by atoms with Crippen molar-refractivity contribution < 1.29 is 14.2 Å². The fourth-order valence-corrected chi connectivity index (χ4v) is 2.36. The predicted molar refractivity (Wildman–Crippen MR) is 76.6 cm³/mol.